The molecule has 108 valence electrons. The lowest BCUT2D eigenvalue weighted by Crippen LogP contribution is -2.40. The summed E-state index contributed by atoms with van der Waals surface area (Å²) in [5.74, 6) is 1.68. The molecule has 2 fully saturated rings. The van der Waals surface area contributed by atoms with Crippen molar-refractivity contribution >= 4 is 5.91 Å². The SMILES string of the molecule is Cc1cc(C)cc(C(=O)NC2CC[C@H]3CNC[C@H]3C2)c1. The van der Waals surface area contributed by atoms with Crippen molar-refractivity contribution < 1.29 is 4.79 Å². The molecule has 1 saturated heterocycles. The van der Waals surface area contributed by atoms with Gasteiger partial charge in [-0.05, 0) is 70.2 Å². The Morgan fingerprint density at radius 1 is 1.10 bits per heavy atom. The van der Waals surface area contributed by atoms with E-state index in [1.54, 1.807) is 0 Å². The van der Waals surface area contributed by atoms with Crippen LogP contribution in [0.15, 0.2) is 18.2 Å². The van der Waals surface area contributed by atoms with Crippen molar-refractivity contribution in [1.29, 1.82) is 0 Å². The summed E-state index contributed by atoms with van der Waals surface area (Å²) in [4.78, 5) is 12.4. The van der Waals surface area contributed by atoms with Gasteiger partial charge in [0.2, 0.25) is 0 Å². The Hall–Kier alpha value is -1.35. The standard InChI is InChI=1S/C17H24N2O/c1-11-5-12(2)7-14(6-11)17(20)19-16-4-3-13-9-18-10-15(13)8-16/h5-7,13,15-16,18H,3-4,8-10H2,1-2H3,(H,19,20)/t13-,15+,16?/m0/s1. The molecule has 1 aliphatic heterocycles. The Labute approximate surface area is 121 Å². The molecule has 0 bridgehead atoms. The number of benzene rings is 1. The third kappa shape index (κ3) is 2.88. The van der Waals surface area contributed by atoms with Crippen LogP contribution in [0.1, 0.15) is 40.7 Å². The predicted octanol–water partition coefficient (Wildman–Crippen LogP) is 2.42. The molecule has 0 spiro atoms. The van der Waals surface area contributed by atoms with Gasteiger partial charge < -0.3 is 10.6 Å². The van der Waals surface area contributed by atoms with Crippen LogP contribution in [0.3, 0.4) is 0 Å². The van der Waals surface area contributed by atoms with E-state index in [1.165, 1.54) is 13.0 Å². The first kappa shape index (κ1) is 13.6. The van der Waals surface area contributed by atoms with Crippen LogP contribution < -0.4 is 10.6 Å². The fraction of sp³-hybridized carbons (Fsp3) is 0.588. The molecule has 1 amide bonds. The lowest BCUT2D eigenvalue weighted by molar-refractivity contribution is 0.0913. The Bertz CT molecular complexity index is 491. The van der Waals surface area contributed by atoms with Crippen LogP contribution in [-0.2, 0) is 0 Å². The third-order valence-electron chi connectivity index (χ3n) is 4.77. The van der Waals surface area contributed by atoms with Gasteiger partial charge in [-0.3, -0.25) is 4.79 Å². The summed E-state index contributed by atoms with van der Waals surface area (Å²) in [5.41, 5.74) is 3.10. The smallest absolute Gasteiger partial charge is 0.251 e. The first-order valence-corrected chi connectivity index (χ1v) is 7.71. The highest BCUT2D eigenvalue weighted by molar-refractivity contribution is 5.94. The first-order valence-electron chi connectivity index (χ1n) is 7.71. The minimum absolute atomic E-state index is 0.0891. The number of carbonyl (C=O) groups excluding carboxylic acids is 1. The Morgan fingerprint density at radius 3 is 2.55 bits per heavy atom. The van der Waals surface area contributed by atoms with E-state index in [9.17, 15) is 4.79 Å². The molecule has 1 saturated carbocycles. The molecule has 1 unspecified atom stereocenters. The van der Waals surface area contributed by atoms with Gasteiger partial charge in [-0.15, -0.1) is 0 Å². The number of aryl methyl sites for hydroxylation is 2. The largest absolute Gasteiger partial charge is 0.349 e. The Morgan fingerprint density at radius 2 is 1.80 bits per heavy atom. The van der Waals surface area contributed by atoms with Crippen LogP contribution in [0.2, 0.25) is 0 Å². The zero-order valence-corrected chi connectivity index (χ0v) is 12.4. The van der Waals surface area contributed by atoms with Crippen molar-refractivity contribution in [2.45, 2.75) is 39.2 Å². The van der Waals surface area contributed by atoms with Crippen molar-refractivity contribution in [1.82, 2.24) is 10.6 Å². The number of hydrogen-bond acceptors (Lipinski definition) is 2. The van der Waals surface area contributed by atoms with E-state index in [-0.39, 0.29) is 5.91 Å². The highest BCUT2D eigenvalue weighted by atomic mass is 16.1. The second kappa shape index (κ2) is 5.57. The molecule has 1 aromatic rings. The van der Waals surface area contributed by atoms with Crippen molar-refractivity contribution in [3.8, 4) is 0 Å². The van der Waals surface area contributed by atoms with Gasteiger partial charge in [0.25, 0.3) is 5.91 Å². The molecule has 1 aliphatic carbocycles. The molecule has 3 atom stereocenters. The van der Waals surface area contributed by atoms with E-state index >= 15 is 0 Å². The average molecular weight is 272 g/mol. The Balaban J connectivity index is 1.64. The van der Waals surface area contributed by atoms with E-state index < -0.39 is 0 Å². The number of rotatable bonds is 2. The van der Waals surface area contributed by atoms with E-state index in [4.69, 9.17) is 0 Å². The number of amides is 1. The zero-order chi connectivity index (χ0) is 14.1. The van der Waals surface area contributed by atoms with E-state index in [0.29, 0.717) is 6.04 Å². The van der Waals surface area contributed by atoms with Gasteiger partial charge in [-0.25, -0.2) is 0 Å². The second-order valence-electron chi connectivity index (χ2n) is 6.54. The van der Waals surface area contributed by atoms with Gasteiger partial charge in [-0.2, -0.15) is 0 Å². The lowest BCUT2D eigenvalue weighted by Gasteiger charge is -2.31. The van der Waals surface area contributed by atoms with Crippen LogP contribution in [0.5, 0.6) is 0 Å². The van der Waals surface area contributed by atoms with E-state index in [2.05, 4.69) is 16.7 Å². The fourth-order valence-electron chi connectivity index (χ4n) is 3.81. The summed E-state index contributed by atoms with van der Waals surface area (Å²) >= 11 is 0. The quantitative estimate of drug-likeness (QED) is 0.868. The van der Waals surface area contributed by atoms with Crippen molar-refractivity contribution in [3.05, 3.63) is 34.9 Å². The highest BCUT2D eigenvalue weighted by Gasteiger charge is 2.34. The van der Waals surface area contributed by atoms with Gasteiger partial charge in [0.05, 0.1) is 0 Å². The van der Waals surface area contributed by atoms with Gasteiger partial charge in [0.15, 0.2) is 0 Å². The lowest BCUT2D eigenvalue weighted by atomic mass is 9.79. The zero-order valence-electron chi connectivity index (χ0n) is 12.4. The summed E-state index contributed by atoms with van der Waals surface area (Å²) in [5, 5.41) is 6.71. The summed E-state index contributed by atoms with van der Waals surface area (Å²) in [6.45, 7) is 6.38. The van der Waals surface area contributed by atoms with E-state index in [1.807, 2.05) is 26.0 Å². The summed E-state index contributed by atoms with van der Waals surface area (Å²) < 4.78 is 0. The summed E-state index contributed by atoms with van der Waals surface area (Å²) in [6, 6.07) is 6.41. The molecule has 0 radical (unpaired) electrons. The molecule has 3 nitrogen and oxygen atoms in total. The number of carbonyl (C=O) groups is 1. The molecule has 2 N–H and O–H groups in total. The van der Waals surface area contributed by atoms with Crippen LogP contribution in [0.4, 0.5) is 0 Å². The summed E-state index contributed by atoms with van der Waals surface area (Å²) in [6.07, 6.45) is 3.50. The van der Waals surface area contributed by atoms with Gasteiger partial charge in [0.1, 0.15) is 0 Å². The molecule has 20 heavy (non-hydrogen) atoms. The molecule has 1 heterocycles. The topological polar surface area (TPSA) is 41.1 Å². The minimum Gasteiger partial charge on any atom is -0.349 e. The van der Waals surface area contributed by atoms with Crippen LogP contribution in [-0.4, -0.2) is 25.0 Å². The normalized spacial score (nSPS) is 29.0. The van der Waals surface area contributed by atoms with Crippen LogP contribution >= 0.6 is 0 Å². The minimum atomic E-state index is 0.0891. The molecule has 3 rings (SSSR count). The number of fused-ring (bicyclic) bond motifs is 1. The third-order valence-corrected chi connectivity index (χ3v) is 4.77. The van der Waals surface area contributed by atoms with E-state index in [0.717, 1.165) is 47.9 Å². The molecule has 3 heteroatoms. The molecule has 1 aromatic carbocycles. The molecular weight excluding hydrogens is 248 g/mol. The maximum absolute atomic E-state index is 12.4. The van der Waals surface area contributed by atoms with Crippen molar-refractivity contribution in [2.75, 3.05) is 13.1 Å². The maximum Gasteiger partial charge on any atom is 0.251 e. The fourth-order valence-corrected chi connectivity index (χ4v) is 3.81. The molecule has 2 aliphatic rings. The Kier molecular flexibility index (Phi) is 3.79. The second-order valence-corrected chi connectivity index (χ2v) is 6.54. The molecular formula is C17H24N2O. The predicted molar refractivity (Wildman–Crippen MR) is 80.9 cm³/mol. The maximum atomic E-state index is 12.4. The average Bonchev–Trinajstić information content (AvgIpc) is 2.85. The highest BCUT2D eigenvalue weighted by Crippen LogP contribution is 2.32. The van der Waals surface area contributed by atoms with Gasteiger partial charge >= 0.3 is 0 Å². The monoisotopic (exact) mass is 272 g/mol. The van der Waals surface area contributed by atoms with Crippen molar-refractivity contribution in [2.24, 2.45) is 11.8 Å². The van der Waals surface area contributed by atoms with Crippen molar-refractivity contribution in [3.63, 3.8) is 0 Å². The van der Waals surface area contributed by atoms with Crippen LogP contribution in [0, 0.1) is 25.7 Å². The van der Waals surface area contributed by atoms with Gasteiger partial charge in [0, 0.05) is 11.6 Å². The van der Waals surface area contributed by atoms with Crippen LogP contribution in [0.25, 0.3) is 0 Å². The number of nitrogens with one attached hydrogen (secondary N) is 2. The number of hydrogen-bond donors (Lipinski definition) is 2. The van der Waals surface area contributed by atoms with Gasteiger partial charge in [-0.1, -0.05) is 17.2 Å². The first-order chi connectivity index (χ1) is 9.61. The summed E-state index contributed by atoms with van der Waals surface area (Å²) in [7, 11) is 0. The molecule has 0 aromatic heterocycles.